The summed E-state index contributed by atoms with van der Waals surface area (Å²) in [7, 11) is 0. The normalized spacial score (nSPS) is 15.8. The summed E-state index contributed by atoms with van der Waals surface area (Å²) in [6.45, 7) is 8.46. The first kappa shape index (κ1) is 20.0. The lowest BCUT2D eigenvalue weighted by molar-refractivity contribution is 0.0121. The number of carbonyl (C=O) groups excluding carboxylic acids is 2. The highest BCUT2D eigenvalue weighted by atomic mass is 16.5. The molecule has 1 aliphatic heterocycles. The van der Waals surface area contributed by atoms with Gasteiger partial charge in [-0.25, -0.2) is 10.2 Å². The summed E-state index contributed by atoms with van der Waals surface area (Å²) in [4.78, 5) is 26.5. The van der Waals surface area contributed by atoms with Gasteiger partial charge in [-0.1, -0.05) is 0 Å². The van der Waals surface area contributed by atoms with Gasteiger partial charge in [-0.3, -0.25) is 15.1 Å². The average Bonchev–Trinajstić information content (AvgIpc) is 3.25. The van der Waals surface area contributed by atoms with Gasteiger partial charge in [0.2, 0.25) is 0 Å². The number of nitrogens with zero attached hydrogens (tertiary/aromatic N) is 1. The molecular weight excluding hydrogens is 364 g/mol. The van der Waals surface area contributed by atoms with Crippen molar-refractivity contribution in [2.24, 2.45) is 0 Å². The molecule has 1 saturated heterocycles. The number of ether oxygens (including phenoxy) is 1. The van der Waals surface area contributed by atoms with Gasteiger partial charge in [-0.05, 0) is 39.0 Å². The Kier molecular flexibility index (Phi) is 6.37. The minimum atomic E-state index is -0.507. The topological polar surface area (TPSA) is 109 Å². The minimum Gasteiger partial charge on any atom is -0.466 e. The number of hydrogen-bond acceptors (Lipinski definition) is 6. The Morgan fingerprint density at radius 1 is 1.07 bits per heavy atom. The second-order valence-corrected chi connectivity index (χ2v) is 6.73. The monoisotopic (exact) mass is 390 g/mol. The SMILES string of the molecule is Cc1ccc(C(CNC(=O)NNC(=O)c2cc(C)oc2C)N2CCOCC2)o1. The molecule has 0 radical (unpaired) electrons. The van der Waals surface area contributed by atoms with Gasteiger partial charge >= 0.3 is 6.03 Å². The fraction of sp³-hybridized carbons (Fsp3) is 0.474. The van der Waals surface area contributed by atoms with E-state index < -0.39 is 11.9 Å². The van der Waals surface area contributed by atoms with E-state index in [-0.39, 0.29) is 6.04 Å². The zero-order chi connectivity index (χ0) is 20.1. The van der Waals surface area contributed by atoms with E-state index >= 15 is 0 Å². The Morgan fingerprint density at radius 2 is 1.82 bits per heavy atom. The smallest absolute Gasteiger partial charge is 0.333 e. The molecule has 0 aromatic carbocycles. The molecule has 0 bridgehead atoms. The van der Waals surface area contributed by atoms with E-state index in [0.29, 0.717) is 36.8 Å². The Hall–Kier alpha value is -2.78. The Morgan fingerprint density at radius 3 is 2.43 bits per heavy atom. The standard InChI is InChI=1S/C19H26N4O5/c1-12-4-5-17(28-12)16(23-6-8-26-9-7-23)11-20-19(25)22-21-18(24)15-10-13(2)27-14(15)3/h4-5,10,16H,6-9,11H2,1-3H3,(H,21,24)(H2,20,22,25). The lowest BCUT2D eigenvalue weighted by Gasteiger charge is -2.33. The number of hydrazine groups is 1. The van der Waals surface area contributed by atoms with E-state index in [2.05, 4.69) is 21.1 Å². The van der Waals surface area contributed by atoms with Crippen LogP contribution in [-0.2, 0) is 4.74 Å². The van der Waals surface area contributed by atoms with Crippen LogP contribution in [0.2, 0.25) is 0 Å². The number of carbonyl (C=O) groups is 2. The molecule has 0 saturated carbocycles. The van der Waals surface area contributed by atoms with Crippen molar-refractivity contribution < 1.29 is 23.2 Å². The van der Waals surface area contributed by atoms with Crippen molar-refractivity contribution >= 4 is 11.9 Å². The summed E-state index contributed by atoms with van der Waals surface area (Å²) in [6.07, 6.45) is 0. The van der Waals surface area contributed by atoms with E-state index in [1.807, 2.05) is 19.1 Å². The lowest BCUT2D eigenvalue weighted by atomic mass is 10.1. The Balaban J connectivity index is 1.54. The molecule has 0 spiro atoms. The molecule has 9 heteroatoms. The number of morpholine rings is 1. The van der Waals surface area contributed by atoms with Crippen LogP contribution in [0.4, 0.5) is 4.79 Å². The van der Waals surface area contributed by atoms with Crippen molar-refractivity contribution in [3.8, 4) is 0 Å². The van der Waals surface area contributed by atoms with Crippen molar-refractivity contribution in [1.82, 2.24) is 21.1 Å². The molecule has 9 nitrogen and oxygen atoms in total. The van der Waals surface area contributed by atoms with Crippen LogP contribution in [0.15, 0.2) is 27.0 Å². The summed E-state index contributed by atoms with van der Waals surface area (Å²) in [5.41, 5.74) is 5.13. The third kappa shape index (κ3) is 4.93. The van der Waals surface area contributed by atoms with Crippen LogP contribution in [0, 0.1) is 20.8 Å². The number of aryl methyl sites for hydroxylation is 3. The Bertz CT molecular complexity index is 822. The molecule has 3 rings (SSSR count). The molecule has 2 aromatic rings. The van der Waals surface area contributed by atoms with Gasteiger partial charge < -0.3 is 18.9 Å². The summed E-state index contributed by atoms with van der Waals surface area (Å²) in [5, 5.41) is 2.78. The molecule has 0 aliphatic carbocycles. The van der Waals surface area contributed by atoms with Crippen molar-refractivity contribution in [2.45, 2.75) is 26.8 Å². The second-order valence-electron chi connectivity index (χ2n) is 6.73. The maximum atomic E-state index is 12.2. The predicted molar refractivity (Wildman–Crippen MR) is 101 cm³/mol. The molecule has 28 heavy (non-hydrogen) atoms. The number of amides is 3. The zero-order valence-corrected chi connectivity index (χ0v) is 16.3. The molecular formula is C19H26N4O5. The molecule has 3 heterocycles. The first-order chi connectivity index (χ1) is 13.4. The number of furan rings is 2. The number of nitrogens with one attached hydrogen (secondary N) is 3. The van der Waals surface area contributed by atoms with Gasteiger partial charge in [0.25, 0.3) is 5.91 Å². The van der Waals surface area contributed by atoms with Gasteiger partial charge in [0.1, 0.15) is 23.0 Å². The number of rotatable bonds is 5. The summed E-state index contributed by atoms with van der Waals surface area (Å²) >= 11 is 0. The van der Waals surface area contributed by atoms with E-state index in [0.717, 1.165) is 24.6 Å². The van der Waals surface area contributed by atoms with Gasteiger partial charge in [0, 0.05) is 19.6 Å². The van der Waals surface area contributed by atoms with Crippen LogP contribution < -0.4 is 16.2 Å². The van der Waals surface area contributed by atoms with Crippen LogP contribution in [0.1, 0.15) is 39.4 Å². The van der Waals surface area contributed by atoms with E-state index in [4.69, 9.17) is 13.6 Å². The van der Waals surface area contributed by atoms with Crippen molar-refractivity contribution in [2.75, 3.05) is 32.8 Å². The summed E-state index contributed by atoms with van der Waals surface area (Å²) in [6, 6.07) is 4.82. The number of urea groups is 1. The Labute approximate surface area is 163 Å². The van der Waals surface area contributed by atoms with E-state index in [9.17, 15) is 9.59 Å². The third-order valence-electron chi connectivity index (χ3n) is 4.61. The van der Waals surface area contributed by atoms with Crippen LogP contribution in [0.5, 0.6) is 0 Å². The average molecular weight is 390 g/mol. The van der Waals surface area contributed by atoms with Crippen molar-refractivity contribution in [1.29, 1.82) is 0 Å². The van der Waals surface area contributed by atoms with Crippen LogP contribution >= 0.6 is 0 Å². The molecule has 3 N–H and O–H groups in total. The quantitative estimate of drug-likeness (QED) is 0.672. The highest BCUT2D eigenvalue weighted by Gasteiger charge is 2.25. The first-order valence-corrected chi connectivity index (χ1v) is 9.23. The van der Waals surface area contributed by atoms with Gasteiger partial charge in [-0.2, -0.15) is 0 Å². The molecule has 1 atom stereocenters. The molecule has 152 valence electrons. The fourth-order valence-corrected chi connectivity index (χ4v) is 3.20. The fourth-order valence-electron chi connectivity index (χ4n) is 3.20. The van der Waals surface area contributed by atoms with Gasteiger partial charge in [-0.15, -0.1) is 0 Å². The maximum absolute atomic E-state index is 12.2. The van der Waals surface area contributed by atoms with Crippen molar-refractivity contribution in [3.63, 3.8) is 0 Å². The van der Waals surface area contributed by atoms with E-state index in [1.165, 1.54) is 0 Å². The summed E-state index contributed by atoms with van der Waals surface area (Å²) in [5.74, 6) is 2.30. The lowest BCUT2D eigenvalue weighted by Crippen LogP contribution is -2.50. The molecule has 1 aliphatic rings. The van der Waals surface area contributed by atoms with Crippen LogP contribution in [-0.4, -0.2) is 49.7 Å². The predicted octanol–water partition coefficient (Wildman–Crippen LogP) is 1.82. The van der Waals surface area contributed by atoms with Gasteiger partial charge in [0.05, 0.1) is 24.8 Å². The maximum Gasteiger partial charge on any atom is 0.333 e. The molecule has 1 unspecified atom stereocenters. The second kappa shape index (κ2) is 8.94. The van der Waals surface area contributed by atoms with Crippen molar-refractivity contribution in [3.05, 3.63) is 46.8 Å². The minimum absolute atomic E-state index is 0.113. The van der Waals surface area contributed by atoms with Crippen LogP contribution in [0.25, 0.3) is 0 Å². The highest BCUT2D eigenvalue weighted by molar-refractivity contribution is 5.96. The molecule has 2 aromatic heterocycles. The zero-order valence-electron chi connectivity index (χ0n) is 16.3. The summed E-state index contributed by atoms with van der Waals surface area (Å²) < 4.78 is 16.5. The first-order valence-electron chi connectivity index (χ1n) is 9.23. The highest BCUT2D eigenvalue weighted by Crippen LogP contribution is 2.23. The van der Waals surface area contributed by atoms with Crippen LogP contribution in [0.3, 0.4) is 0 Å². The largest absolute Gasteiger partial charge is 0.466 e. The van der Waals surface area contributed by atoms with E-state index in [1.54, 1.807) is 19.9 Å². The molecule has 3 amide bonds. The van der Waals surface area contributed by atoms with Gasteiger partial charge in [0.15, 0.2) is 0 Å². The third-order valence-corrected chi connectivity index (χ3v) is 4.61. The number of hydrogen-bond donors (Lipinski definition) is 3. The molecule has 1 fully saturated rings.